The Balaban J connectivity index is 1.45. The molecule has 0 fully saturated rings. The molecule has 0 aliphatic rings. The molecule has 2 aromatic heterocycles. The van der Waals surface area contributed by atoms with Crippen molar-refractivity contribution in [3.05, 3.63) is 126 Å². The van der Waals surface area contributed by atoms with E-state index in [1.807, 2.05) is 30.3 Å². The van der Waals surface area contributed by atoms with Gasteiger partial charge in [0, 0.05) is 27.8 Å². The van der Waals surface area contributed by atoms with Crippen LogP contribution in [0.5, 0.6) is 0 Å². The van der Waals surface area contributed by atoms with Crippen LogP contribution >= 0.6 is 0 Å². The Morgan fingerprint density at radius 3 is 2.27 bits per heavy atom. The lowest BCUT2D eigenvalue weighted by atomic mass is 9.99. The summed E-state index contributed by atoms with van der Waals surface area (Å²) in [5, 5.41) is 24.6. The van der Waals surface area contributed by atoms with E-state index in [2.05, 4.69) is 89.5 Å². The van der Waals surface area contributed by atoms with Crippen LogP contribution in [0.15, 0.2) is 120 Å². The lowest BCUT2D eigenvalue weighted by Gasteiger charge is -2.11. The van der Waals surface area contributed by atoms with Crippen molar-refractivity contribution >= 4 is 60.7 Å². The Kier molecular flexibility index (Phi) is 4.70. The van der Waals surface area contributed by atoms with Crippen molar-refractivity contribution in [2.45, 2.75) is 0 Å². The zero-order valence-corrected chi connectivity index (χ0v) is 21.3. The molecule has 0 atom stereocenters. The van der Waals surface area contributed by atoms with Crippen LogP contribution in [0.1, 0.15) is 11.1 Å². The lowest BCUT2D eigenvalue weighted by molar-refractivity contribution is 0.669. The first-order valence-electron chi connectivity index (χ1n) is 13.2. The molecule has 4 heteroatoms. The van der Waals surface area contributed by atoms with Crippen LogP contribution < -0.4 is 0 Å². The van der Waals surface area contributed by atoms with Crippen LogP contribution in [0.4, 0.5) is 0 Å². The molecule has 0 saturated carbocycles. The smallest absolute Gasteiger partial charge is 0.136 e. The van der Waals surface area contributed by atoms with E-state index in [0.717, 1.165) is 76.9 Å². The number of fused-ring (bicyclic) bond motifs is 8. The average Bonchev–Trinajstić information content (AvgIpc) is 3.55. The van der Waals surface area contributed by atoms with Crippen molar-refractivity contribution in [2.24, 2.45) is 0 Å². The van der Waals surface area contributed by atoms with E-state index in [4.69, 9.17) is 9.83 Å². The maximum Gasteiger partial charge on any atom is 0.136 e. The van der Waals surface area contributed by atoms with Crippen molar-refractivity contribution in [1.29, 1.82) is 10.7 Å². The number of rotatable bonds is 3. The molecular weight excluding hydrogens is 490 g/mol. The number of para-hydroxylation sites is 1. The van der Waals surface area contributed by atoms with Crippen LogP contribution in [0.2, 0.25) is 0 Å². The third-order valence-corrected chi connectivity index (χ3v) is 7.92. The molecule has 0 radical (unpaired) electrons. The highest BCUT2D eigenvalue weighted by molar-refractivity contribution is 6.22. The van der Waals surface area contributed by atoms with E-state index >= 15 is 0 Å². The molecule has 0 saturated heterocycles. The van der Waals surface area contributed by atoms with Crippen LogP contribution in [0.25, 0.3) is 71.3 Å². The third-order valence-electron chi connectivity index (χ3n) is 7.92. The highest BCUT2D eigenvalue weighted by atomic mass is 16.3. The molecule has 4 nitrogen and oxygen atoms in total. The number of aromatic nitrogens is 1. The van der Waals surface area contributed by atoms with Gasteiger partial charge in [-0.3, -0.25) is 0 Å². The molecule has 0 aliphatic carbocycles. The number of nitriles is 1. The van der Waals surface area contributed by atoms with E-state index in [1.54, 1.807) is 6.07 Å². The Morgan fingerprint density at radius 2 is 1.40 bits per heavy atom. The minimum absolute atomic E-state index is 0.567. The van der Waals surface area contributed by atoms with Gasteiger partial charge in [0.2, 0.25) is 0 Å². The van der Waals surface area contributed by atoms with E-state index in [1.165, 1.54) is 6.21 Å². The molecule has 40 heavy (non-hydrogen) atoms. The molecule has 0 aliphatic heterocycles. The van der Waals surface area contributed by atoms with Gasteiger partial charge < -0.3 is 14.4 Å². The van der Waals surface area contributed by atoms with Gasteiger partial charge in [-0.05, 0) is 76.0 Å². The van der Waals surface area contributed by atoms with Gasteiger partial charge in [-0.1, -0.05) is 66.7 Å². The lowest BCUT2D eigenvalue weighted by Crippen LogP contribution is -1.99. The summed E-state index contributed by atoms with van der Waals surface area (Å²) < 4.78 is 8.35. The van der Waals surface area contributed by atoms with Gasteiger partial charge in [-0.25, -0.2) is 0 Å². The van der Waals surface area contributed by atoms with Crippen molar-refractivity contribution in [3.8, 4) is 22.9 Å². The molecule has 0 unspecified atom stereocenters. The second-order valence-electron chi connectivity index (χ2n) is 10.1. The summed E-state index contributed by atoms with van der Waals surface area (Å²) >= 11 is 0. The molecule has 2 heterocycles. The number of nitrogens with one attached hydrogen (secondary N) is 1. The SMILES string of the molecule is N#Cc1ccc(C=N)cc1-n1c2ccc(-c3ccc4c(c3)oc3ccccc34)cc2c2c3ccccc3ccc21. The highest BCUT2D eigenvalue weighted by Crippen LogP contribution is 2.40. The van der Waals surface area contributed by atoms with Gasteiger partial charge in [-0.2, -0.15) is 5.26 Å². The Bertz CT molecular complexity index is 2360. The predicted octanol–water partition coefficient (Wildman–Crippen LogP) is 9.37. The Morgan fingerprint density at radius 1 is 0.650 bits per heavy atom. The summed E-state index contributed by atoms with van der Waals surface area (Å²) in [6.45, 7) is 0. The first-order valence-corrected chi connectivity index (χ1v) is 13.2. The van der Waals surface area contributed by atoms with Gasteiger partial charge in [-0.15, -0.1) is 0 Å². The van der Waals surface area contributed by atoms with E-state index < -0.39 is 0 Å². The van der Waals surface area contributed by atoms with E-state index in [0.29, 0.717) is 5.56 Å². The van der Waals surface area contributed by atoms with Crippen LogP contribution in [0, 0.1) is 16.7 Å². The van der Waals surface area contributed by atoms with Crippen molar-refractivity contribution < 1.29 is 4.42 Å². The topological polar surface area (TPSA) is 65.7 Å². The molecule has 1 N–H and O–H groups in total. The average molecular weight is 512 g/mol. The summed E-state index contributed by atoms with van der Waals surface area (Å²) in [7, 11) is 0. The molecule has 8 rings (SSSR count). The quantitative estimate of drug-likeness (QED) is 0.240. The molecule has 6 aromatic carbocycles. The second-order valence-corrected chi connectivity index (χ2v) is 10.1. The first-order chi connectivity index (χ1) is 19.7. The molecule has 0 amide bonds. The minimum Gasteiger partial charge on any atom is -0.456 e. The van der Waals surface area contributed by atoms with Crippen molar-refractivity contribution in [1.82, 2.24) is 4.57 Å². The van der Waals surface area contributed by atoms with E-state index in [9.17, 15) is 5.26 Å². The maximum atomic E-state index is 10.00. The molecule has 0 spiro atoms. The van der Waals surface area contributed by atoms with Gasteiger partial charge in [0.25, 0.3) is 0 Å². The van der Waals surface area contributed by atoms with Gasteiger partial charge >= 0.3 is 0 Å². The third kappa shape index (κ3) is 3.15. The number of benzene rings is 6. The molecular formula is C36H21N3O. The largest absolute Gasteiger partial charge is 0.456 e. The van der Waals surface area contributed by atoms with Gasteiger partial charge in [0.05, 0.1) is 22.3 Å². The molecule has 8 aromatic rings. The number of hydrogen-bond donors (Lipinski definition) is 1. The fraction of sp³-hybridized carbons (Fsp3) is 0. The zero-order chi connectivity index (χ0) is 26.8. The van der Waals surface area contributed by atoms with Gasteiger partial charge in [0.1, 0.15) is 17.2 Å². The second kappa shape index (κ2) is 8.42. The van der Waals surface area contributed by atoms with Crippen molar-refractivity contribution in [2.75, 3.05) is 0 Å². The van der Waals surface area contributed by atoms with E-state index in [-0.39, 0.29) is 0 Å². The maximum absolute atomic E-state index is 10.00. The Labute approximate surface area is 229 Å². The normalized spacial score (nSPS) is 11.6. The summed E-state index contributed by atoms with van der Waals surface area (Å²) in [5.41, 5.74) is 8.06. The number of hydrogen-bond acceptors (Lipinski definition) is 3. The van der Waals surface area contributed by atoms with Gasteiger partial charge in [0.15, 0.2) is 0 Å². The fourth-order valence-corrected chi connectivity index (χ4v) is 6.05. The molecule has 186 valence electrons. The number of furan rings is 1. The summed E-state index contributed by atoms with van der Waals surface area (Å²) in [4.78, 5) is 0. The van der Waals surface area contributed by atoms with Crippen LogP contribution in [-0.2, 0) is 0 Å². The highest BCUT2D eigenvalue weighted by Gasteiger charge is 2.18. The Hall–Kier alpha value is -5.66. The summed E-state index contributed by atoms with van der Waals surface area (Å²) in [6, 6.07) is 41.6. The predicted molar refractivity (Wildman–Crippen MR) is 164 cm³/mol. The van der Waals surface area contributed by atoms with Crippen LogP contribution in [-0.4, -0.2) is 10.8 Å². The summed E-state index contributed by atoms with van der Waals surface area (Å²) in [6.07, 6.45) is 1.32. The minimum atomic E-state index is 0.567. The first kappa shape index (κ1) is 22.3. The zero-order valence-electron chi connectivity index (χ0n) is 21.3. The molecule has 0 bridgehead atoms. The van der Waals surface area contributed by atoms with Crippen LogP contribution in [0.3, 0.4) is 0 Å². The standard InChI is InChI=1S/C36H21N3O/c37-20-22-9-10-26(21-38)33(17-22)39-31-15-13-24(18-30(31)36-27-6-2-1-5-23(27)12-16-32(36)39)25-11-14-29-28-7-3-4-8-34(28)40-35(29)19-25/h1-20,37H. The monoisotopic (exact) mass is 511 g/mol. The fourth-order valence-electron chi connectivity index (χ4n) is 6.05. The number of nitrogens with zero attached hydrogens (tertiary/aromatic N) is 2. The summed E-state index contributed by atoms with van der Waals surface area (Å²) in [5.74, 6) is 0. The van der Waals surface area contributed by atoms with Crippen molar-refractivity contribution in [3.63, 3.8) is 0 Å².